The Kier molecular flexibility index (Phi) is 5.14. The van der Waals surface area contributed by atoms with E-state index in [0.29, 0.717) is 6.61 Å². The summed E-state index contributed by atoms with van der Waals surface area (Å²) in [6, 6.07) is 32.7. The van der Waals surface area contributed by atoms with Crippen LogP contribution in [-0.2, 0) is 6.61 Å². The third-order valence-electron chi connectivity index (χ3n) is 5.29. The van der Waals surface area contributed by atoms with Gasteiger partial charge >= 0.3 is 5.97 Å². The normalized spacial score (nSPS) is 10.9. The Hall–Kier alpha value is -4.38. The number of rotatable bonds is 6. The van der Waals surface area contributed by atoms with Gasteiger partial charge in [0.05, 0.1) is 16.6 Å². The summed E-state index contributed by atoms with van der Waals surface area (Å²) in [7, 11) is 0. The predicted molar refractivity (Wildman–Crippen MR) is 124 cm³/mol. The Labute approximate surface area is 185 Å². The number of carboxylic acid groups (broad SMARTS) is 1. The Balaban J connectivity index is 1.50. The summed E-state index contributed by atoms with van der Waals surface area (Å²) in [5, 5.41) is 9.20. The fourth-order valence-corrected chi connectivity index (χ4v) is 3.68. The van der Waals surface area contributed by atoms with Crippen molar-refractivity contribution in [3.8, 4) is 22.8 Å². The predicted octanol–water partition coefficient (Wildman–Crippen LogP) is 5.97. The number of imidazole rings is 1. The SMILES string of the molecule is O=C(O)c1ccc(-c2nc3ccccc3n2-c2ccc(OCc3ccccc3)cc2)cc1. The van der Waals surface area contributed by atoms with Crippen LogP contribution in [-0.4, -0.2) is 20.6 Å². The summed E-state index contributed by atoms with van der Waals surface area (Å²) in [6.07, 6.45) is 0. The number of para-hydroxylation sites is 2. The van der Waals surface area contributed by atoms with Gasteiger partial charge in [-0.25, -0.2) is 9.78 Å². The molecule has 1 heterocycles. The number of carboxylic acids is 1. The minimum absolute atomic E-state index is 0.247. The first-order valence-corrected chi connectivity index (χ1v) is 10.3. The monoisotopic (exact) mass is 420 g/mol. The molecule has 5 nitrogen and oxygen atoms in total. The number of carbonyl (C=O) groups is 1. The lowest BCUT2D eigenvalue weighted by molar-refractivity contribution is 0.0697. The summed E-state index contributed by atoms with van der Waals surface area (Å²) < 4.78 is 8.00. The van der Waals surface area contributed by atoms with Crippen molar-refractivity contribution >= 4 is 17.0 Å². The number of hydrogen-bond acceptors (Lipinski definition) is 3. The first-order chi connectivity index (χ1) is 15.7. The molecule has 0 radical (unpaired) electrons. The highest BCUT2D eigenvalue weighted by atomic mass is 16.5. The molecule has 0 aliphatic rings. The Morgan fingerprint density at radius 3 is 2.22 bits per heavy atom. The van der Waals surface area contributed by atoms with E-state index in [1.165, 1.54) is 0 Å². The molecular weight excluding hydrogens is 400 g/mol. The molecule has 0 unspecified atom stereocenters. The second-order valence-corrected chi connectivity index (χ2v) is 7.41. The van der Waals surface area contributed by atoms with Crippen LogP contribution in [0.2, 0.25) is 0 Å². The molecule has 0 aliphatic carbocycles. The van der Waals surface area contributed by atoms with Crippen molar-refractivity contribution in [3.63, 3.8) is 0 Å². The summed E-state index contributed by atoms with van der Waals surface area (Å²) >= 11 is 0. The van der Waals surface area contributed by atoms with Crippen LogP contribution in [0.3, 0.4) is 0 Å². The van der Waals surface area contributed by atoms with Gasteiger partial charge in [-0.15, -0.1) is 0 Å². The van der Waals surface area contributed by atoms with E-state index in [1.807, 2.05) is 78.9 Å². The molecule has 156 valence electrons. The molecule has 0 atom stereocenters. The smallest absolute Gasteiger partial charge is 0.335 e. The number of fused-ring (bicyclic) bond motifs is 1. The number of aromatic carboxylic acids is 1. The van der Waals surface area contributed by atoms with Crippen LogP contribution in [0.4, 0.5) is 0 Å². The maximum Gasteiger partial charge on any atom is 0.335 e. The number of hydrogen-bond donors (Lipinski definition) is 1. The number of nitrogens with zero attached hydrogens (tertiary/aromatic N) is 2. The molecule has 0 fully saturated rings. The minimum Gasteiger partial charge on any atom is -0.489 e. The zero-order valence-corrected chi connectivity index (χ0v) is 17.2. The second-order valence-electron chi connectivity index (χ2n) is 7.41. The second kappa shape index (κ2) is 8.40. The lowest BCUT2D eigenvalue weighted by Gasteiger charge is -2.11. The highest BCUT2D eigenvalue weighted by Gasteiger charge is 2.15. The highest BCUT2D eigenvalue weighted by Crippen LogP contribution is 2.29. The van der Waals surface area contributed by atoms with Crippen molar-refractivity contribution in [2.24, 2.45) is 0 Å². The van der Waals surface area contributed by atoms with E-state index >= 15 is 0 Å². The van der Waals surface area contributed by atoms with Gasteiger partial charge in [-0.3, -0.25) is 4.57 Å². The largest absolute Gasteiger partial charge is 0.489 e. The topological polar surface area (TPSA) is 64.3 Å². The molecule has 32 heavy (non-hydrogen) atoms. The van der Waals surface area contributed by atoms with Crippen LogP contribution in [0.15, 0.2) is 103 Å². The van der Waals surface area contributed by atoms with Gasteiger partial charge in [0, 0.05) is 11.3 Å². The first kappa shape index (κ1) is 19.6. The molecule has 1 N–H and O–H groups in total. The van der Waals surface area contributed by atoms with Gasteiger partial charge in [-0.05, 0) is 54.1 Å². The lowest BCUT2D eigenvalue weighted by Crippen LogP contribution is -2.00. The van der Waals surface area contributed by atoms with Gasteiger partial charge in [-0.1, -0.05) is 54.6 Å². The number of benzene rings is 4. The standard InChI is InChI=1S/C27H20N2O3/c30-27(31)21-12-10-20(11-13-21)26-28-24-8-4-5-9-25(24)29(26)22-14-16-23(17-15-22)32-18-19-6-2-1-3-7-19/h1-17H,18H2,(H,30,31). The molecule has 0 amide bonds. The molecule has 5 heteroatoms. The van der Waals surface area contributed by atoms with Gasteiger partial charge in [0.2, 0.25) is 0 Å². The van der Waals surface area contributed by atoms with Crippen LogP contribution in [0, 0.1) is 0 Å². The molecule has 0 saturated heterocycles. The van der Waals surface area contributed by atoms with E-state index < -0.39 is 5.97 Å². The maximum atomic E-state index is 11.2. The molecule has 0 spiro atoms. The highest BCUT2D eigenvalue weighted by molar-refractivity contribution is 5.89. The van der Waals surface area contributed by atoms with Crippen LogP contribution in [0.25, 0.3) is 28.1 Å². The van der Waals surface area contributed by atoms with E-state index in [0.717, 1.165) is 39.4 Å². The van der Waals surface area contributed by atoms with Crippen molar-refractivity contribution in [3.05, 3.63) is 114 Å². The first-order valence-electron chi connectivity index (χ1n) is 10.3. The minimum atomic E-state index is -0.948. The Bertz CT molecular complexity index is 1370. The number of aromatic nitrogens is 2. The molecule has 1 aromatic heterocycles. The van der Waals surface area contributed by atoms with Crippen molar-refractivity contribution in [2.45, 2.75) is 6.61 Å². The molecule has 5 rings (SSSR count). The number of ether oxygens (including phenoxy) is 1. The van der Waals surface area contributed by atoms with Gasteiger partial charge in [-0.2, -0.15) is 0 Å². The summed E-state index contributed by atoms with van der Waals surface area (Å²) in [5.74, 6) is 0.589. The fourth-order valence-electron chi connectivity index (χ4n) is 3.68. The zero-order valence-electron chi connectivity index (χ0n) is 17.2. The molecular formula is C27H20N2O3. The molecule has 0 bridgehead atoms. The van der Waals surface area contributed by atoms with Crippen LogP contribution in [0.5, 0.6) is 5.75 Å². The van der Waals surface area contributed by atoms with Gasteiger partial charge in [0.1, 0.15) is 18.2 Å². The summed E-state index contributed by atoms with van der Waals surface area (Å²) in [6.45, 7) is 0.509. The van der Waals surface area contributed by atoms with Gasteiger partial charge in [0.25, 0.3) is 0 Å². The van der Waals surface area contributed by atoms with Gasteiger partial charge < -0.3 is 9.84 Å². The van der Waals surface area contributed by atoms with Crippen molar-refractivity contribution in [1.82, 2.24) is 9.55 Å². The quantitative estimate of drug-likeness (QED) is 0.368. The van der Waals surface area contributed by atoms with Crippen LogP contribution < -0.4 is 4.74 Å². The van der Waals surface area contributed by atoms with Crippen LogP contribution in [0.1, 0.15) is 15.9 Å². The third-order valence-corrected chi connectivity index (χ3v) is 5.29. The Morgan fingerprint density at radius 1 is 0.812 bits per heavy atom. The van der Waals surface area contributed by atoms with Crippen molar-refractivity contribution in [2.75, 3.05) is 0 Å². The van der Waals surface area contributed by atoms with E-state index in [2.05, 4.69) is 4.57 Å². The van der Waals surface area contributed by atoms with E-state index in [4.69, 9.17) is 9.72 Å². The third kappa shape index (κ3) is 3.84. The van der Waals surface area contributed by atoms with E-state index in [9.17, 15) is 9.90 Å². The fraction of sp³-hybridized carbons (Fsp3) is 0.0370. The van der Waals surface area contributed by atoms with E-state index in [1.54, 1.807) is 24.3 Å². The molecule has 5 aromatic rings. The van der Waals surface area contributed by atoms with Crippen molar-refractivity contribution in [1.29, 1.82) is 0 Å². The molecule has 0 saturated carbocycles. The van der Waals surface area contributed by atoms with E-state index in [-0.39, 0.29) is 5.56 Å². The van der Waals surface area contributed by atoms with Gasteiger partial charge in [0.15, 0.2) is 0 Å². The Morgan fingerprint density at radius 2 is 1.50 bits per heavy atom. The zero-order chi connectivity index (χ0) is 21.9. The molecule has 0 aliphatic heterocycles. The average Bonchev–Trinajstić information content (AvgIpc) is 3.23. The summed E-state index contributed by atoms with van der Waals surface area (Å²) in [5.41, 5.74) is 5.00. The average molecular weight is 420 g/mol. The maximum absolute atomic E-state index is 11.2. The summed E-state index contributed by atoms with van der Waals surface area (Å²) in [4.78, 5) is 16.0. The van der Waals surface area contributed by atoms with Crippen LogP contribution >= 0.6 is 0 Å². The van der Waals surface area contributed by atoms with Crippen molar-refractivity contribution < 1.29 is 14.6 Å². The molecule has 4 aromatic carbocycles. The lowest BCUT2D eigenvalue weighted by atomic mass is 10.1.